The molecule has 1 fully saturated rings. The lowest BCUT2D eigenvalue weighted by Crippen LogP contribution is -2.40. The van der Waals surface area contributed by atoms with Crippen molar-refractivity contribution in [1.82, 2.24) is 10.3 Å². The molecule has 1 aromatic carbocycles. The number of halogens is 2. The molecule has 2 N–H and O–H groups in total. The van der Waals surface area contributed by atoms with Crippen LogP contribution in [0, 0.1) is 12.8 Å². The van der Waals surface area contributed by atoms with Gasteiger partial charge in [0.15, 0.2) is 5.13 Å². The molecule has 0 aliphatic carbocycles. The lowest BCUT2D eigenvalue weighted by atomic mass is 9.93. The van der Waals surface area contributed by atoms with Gasteiger partial charge in [-0.05, 0) is 50.9 Å². The van der Waals surface area contributed by atoms with Crippen LogP contribution < -0.4 is 10.6 Å². The fourth-order valence-corrected chi connectivity index (χ4v) is 4.27. The third kappa shape index (κ3) is 5.42. The molecule has 0 unspecified atom stereocenters. The zero-order chi connectivity index (χ0) is 17.1. The zero-order valence-electron chi connectivity index (χ0n) is 14.3. The van der Waals surface area contributed by atoms with Crippen molar-refractivity contribution in [3.63, 3.8) is 0 Å². The fourth-order valence-electron chi connectivity index (χ4n) is 3.06. The number of hydrogen-bond donors (Lipinski definition) is 2. The van der Waals surface area contributed by atoms with Crippen molar-refractivity contribution in [2.75, 3.05) is 11.9 Å². The average molecular weight is 400 g/mol. The fraction of sp³-hybridized carbons (Fsp3) is 0.444. The second-order valence-electron chi connectivity index (χ2n) is 6.40. The number of benzene rings is 1. The first-order valence-corrected chi connectivity index (χ1v) is 9.45. The van der Waals surface area contributed by atoms with Gasteiger partial charge in [0.05, 0.1) is 5.69 Å². The predicted octanol–water partition coefficient (Wildman–Crippen LogP) is 4.44. The van der Waals surface area contributed by atoms with E-state index in [1.54, 1.807) is 11.3 Å². The molecular formula is C18H23Cl2N3OS. The van der Waals surface area contributed by atoms with Crippen LogP contribution >= 0.6 is 35.3 Å². The van der Waals surface area contributed by atoms with E-state index in [1.807, 2.05) is 25.1 Å². The van der Waals surface area contributed by atoms with Crippen LogP contribution in [0.25, 0.3) is 0 Å². The molecule has 25 heavy (non-hydrogen) atoms. The molecule has 1 aliphatic heterocycles. The number of amides is 1. The molecule has 4 nitrogen and oxygen atoms in total. The molecule has 136 valence electrons. The highest BCUT2D eigenvalue weighted by molar-refractivity contribution is 7.15. The molecule has 0 radical (unpaired) electrons. The Bertz CT molecular complexity index is 735. The minimum absolute atomic E-state index is 0. The Morgan fingerprint density at radius 2 is 2.28 bits per heavy atom. The lowest BCUT2D eigenvalue weighted by Gasteiger charge is -2.26. The number of carbonyl (C=O) groups excluding carboxylic acids is 1. The first-order valence-electron chi connectivity index (χ1n) is 8.26. The number of aromatic nitrogens is 1. The van der Waals surface area contributed by atoms with Crippen LogP contribution in [-0.2, 0) is 11.2 Å². The molecule has 2 atom stereocenters. The largest absolute Gasteiger partial charge is 0.314 e. The van der Waals surface area contributed by atoms with Gasteiger partial charge in [-0.2, -0.15) is 0 Å². The molecule has 1 amide bonds. The number of hydrogen-bond acceptors (Lipinski definition) is 4. The van der Waals surface area contributed by atoms with E-state index < -0.39 is 0 Å². The predicted molar refractivity (Wildman–Crippen MR) is 107 cm³/mol. The molecule has 7 heteroatoms. The summed E-state index contributed by atoms with van der Waals surface area (Å²) < 4.78 is 0. The summed E-state index contributed by atoms with van der Waals surface area (Å²) in [5.74, 6) is 0.160. The number of rotatable bonds is 4. The second-order valence-corrected chi connectivity index (χ2v) is 7.92. The summed E-state index contributed by atoms with van der Waals surface area (Å²) in [6, 6.07) is 8.24. The summed E-state index contributed by atoms with van der Waals surface area (Å²) in [6.07, 6.45) is 2.55. The van der Waals surface area contributed by atoms with E-state index in [2.05, 4.69) is 28.6 Å². The van der Waals surface area contributed by atoms with Crippen molar-refractivity contribution in [2.45, 2.75) is 39.2 Å². The summed E-state index contributed by atoms with van der Waals surface area (Å²) in [5.41, 5.74) is 2.12. The quantitative estimate of drug-likeness (QED) is 0.798. The number of carbonyl (C=O) groups is 1. The van der Waals surface area contributed by atoms with Crippen LogP contribution in [0.5, 0.6) is 0 Å². The van der Waals surface area contributed by atoms with Crippen LogP contribution in [-0.4, -0.2) is 23.5 Å². The molecule has 2 heterocycles. The Kier molecular flexibility index (Phi) is 7.25. The smallest absolute Gasteiger partial charge is 0.229 e. The van der Waals surface area contributed by atoms with Crippen LogP contribution in [0.4, 0.5) is 5.13 Å². The molecule has 0 saturated carbocycles. The number of nitrogens with one attached hydrogen (secondary N) is 2. The number of aryl methyl sites for hydroxylation is 1. The van der Waals surface area contributed by atoms with Gasteiger partial charge in [0, 0.05) is 28.3 Å². The Morgan fingerprint density at radius 3 is 3.00 bits per heavy atom. The monoisotopic (exact) mass is 399 g/mol. The molecule has 1 saturated heterocycles. The molecule has 3 rings (SSSR count). The summed E-state index contributed by atoms with van der Waals surface area (Å²) in [5, 5.41) is 7.81. The first-order chi connectivity index (χ1) is 11.5. The van der Waals surface area contributed by atoms with E-state index in [4.69, 9.17) is 11.6 Å². The highest BCUT2D eigenvalue weighted by atomic mass is 35.5. The number of nitrogens with zero attached hydrogens (tertiary/aromatic N) is 1. The van der Waals surface area contributed by atoms with Crippen molar-refractivity contribution in [3.05, 3.63) is 45.4 Å². The van der Waals surface area contributed by atoms with E-state index in [0.717, 1.165) is 47.0 Å². The lowest BCUT2D eigenvalue weighted by molar-refractivity contribution is -0.120. The molecule has 1 aromatic heterocycles. The van der Waals surface area contributed by atoms with Crippen LogP contribution in [0.15, 0.2) is 24.3 Å². The highest BCUT2D eigenvalue weighted by Crippen LogP contribution is 2.27. The normalized spacial score (nSPS) is 20.0. The van der Waals surface area contributed by atoms with E-state index in [1.165, 1.54) is 0 Å². The van der Waals surface area contributed by atoms with Gasteiger partial charge in [0.1, 0.15) is 0 Å². The summed E-state index contributed by atoms with van der Waals surface area (Å²) in [4.78, 5) is 18.1. The molecule has 1 aliphatic rings. The maximum absolute atomic E-state index is 12.4. The Labute approximate surface area is 163 Å². The minimum atomic E-state index is 0. The Morgan fingerprint density at radius 1 is 1.48 bits per heavy atom. The third-order valence-electron chi connectivity index (χ3n) is 4.37. The first kappa shape index (κ1) is 20.2. The SMILES string of the molecule is Cc1nc(NC(=O)[C@H]2CCN[C@@H](C)C2)sc1Cc1cccc(Cl)c1.Cl. The van der Waals surface area contributed by atoms with Gasteiger partial charge >= 0.3 is 0 Å². The van der Waals surface area contributed by atoms with Crippen molar-refractivity contribution in [1.29, 1.82) is 0 Å². The zero-order valence-corrected chi connectivity index (χ0v) is 16.7. The maximum Gasteiger partial charge on any atom is 0.229 e. The Balaban J connectivity index is 0.00000225. The van der Waals surface area contributed by atoms with Gasteiger partial charge in [0.2, 0.25) is 5.91 Å². The molecule has 2 aromatic rings. The van der Waals surface area contributed by atoms with Gasteiger partial charge in [-0.25, -0.2) is 4.98 Å². The van der Waals surface area contributed by atoms with E-state index in [0.29, 0.717) is 11.2 Å². The van der Waals surface area contributed by atoms with Crippen LogP contribution in [0.2, 0.25) is 5.02 Å². The standard InChI is InChI=1S/C18H22ClN3OS.ClH/c1-11-8-14(6-7-20-11)17(23)22-18-21-12(2)16(24-18)10-13-4-3-5-15(19)9-13;/h3-5,9,11,14,20H,6-8,10H2,1-2H3,(H,21,22,23);1H/t11-,14-;/m0./s1. The van der Waals surface area contributed by atoms with Crippen molar-refractivity contribution >= 4 is 46.4 Å². The van der Waals surface area contributed by atoms with Crippen molar-refractivity contribution in [3.8, 4) is 0 Å². The number of thiazole rings is 1. The highest BCUT2D eigenvalue weighted by Gasteiger charge is 2.25. The topological polar surface area (TPSA) is 54.0 Å². The summed E-state index contributed by atoms with van der Waals surface area (Å²) in [7, 11) is 0. The summed E-state index contributed by atoms with van der Waals surface area (Å²) >= 11 is 7.60. The molecular weight excluding hydrogens is 377 g/mol. The van der Waals surface area contributed by atoms with Gasteiger partial charge in [-0.1, -0.05) is 23.7 Å². The third-order valence-corrected chi connectivity index (χ3v) is 5.68. The van der Waals surface area contributed by atoms with Gasteiger partial charge in [-0.3, -0.25) is 4.79 Å². The minimum Gasteiger partial charge on any atom is -0.314 e. The molecule has 0 bridgehead atoms. The average Bonchev–Trinajstić information content (AvgIpc) is 2.87. The van der Waals surface area contributed by atoms with Crippen molar-refractivity contribution < 1.29 is 4.79 Å². The van der Waals surface area contributed by atoms with Crippen LogP contribution in [0.3, 0.4) is 0 Å². The Hall–Kier alpha value is -1.14. The maximum atomic E-state index is 12.4. The van der Waals surface area contributed by atoms with Crippen molar-refractivity contribution in [2.24, 2.45) is 5.92 Å². The second kappa shape index (κ2) is 8.99. The van der Waals surface area contributed by atoms with Crippen LogP contribution in [0.1, 0.15) is 35.9 Å². The van der Waals surface area contributed by atoms with E-state index >= 15 is 0 Å². The molecule has 0 spiro atoms. The summed E-state index contributed by atoms with van der Waals surface area (Å²) in [6.45, 7) is 5.00. The van der Waals surface area contributed by atoms with Gasteiger partial charge in [-0.15, -0.1) is 23.7 Å². The van der Waals surface area contributed by atoms with Gasteiger partial charge in [0.25, 0.3) is 0 Å². The number of anilines is 1. The number of piperidine rings is 1. The van der Waals surface area contributed by atoms with Gasteiger partial charge < -0.3 is 10.6 Å². The van der Waals surface area contributed by atoms with E-state index in [-0.39, 0.29) is 24.2 Å². The van der Waals surface area contributed by atoms with E-state index in [9.17, 15) is 4.79 Å².